The maximum Gasteiger partial charge on any atom is 0.260 e. The largest absolute Gasteiger partial charge is 0.484 e. The van der Waals surface area contributed by atoms with E-state index >= 15 is 0 Å². The standard InChI is InChI=1S/C19H21NO5S/c1-20(15-10-11-26(22,23)14-15)19(21)13-24-17-8-5-9-18(12-17)25-16-6-3-2-4-7-16/h2-9,12,15H,10-11,13-14H2,1H3. The quantitative estimate of drug-likeness (QED) is 0.776. The van der Waals surface area contributed by atoms with Crippen LogP contribution < -0.4 is 9.47 Å². The van der Waals surface area contributed by atoms with Gasteiger partial charge in [-0.15, -0.1) is 0 Å². The van der Waals surface area contributed by atoms with Crippen LogP contribution in [-0.2, 0) is 14.6 Å². The van der Waals surface area contributed by atoms with Crippen molar-refractivity contribution in [2.45, 2.75) is 12.5 Å². The molecule has 0 aromatic heterocycles. The third-order valence-electron chi connectivity index (χ3n) is 4.30. The van der Waals surface area contributed by atoms with E-state index in [9.17, 15) is 13.2 Å². The summed E-state index contributed by atoms with van der Waals surface area (Å²) in [7, 11) is -1.41. The second-order valence-corrected chi connectivity index (χ2v) is 8.47. The Morgan fingerprint density at radius 1 is 1.08 bits per heavy atom. The van der Waals surface area contributed by atoms with Gasteiger partial charge in [-0.3, -0.25) is 4.79 Å². The van der Waals surface area contributed by atoms with Crippen molar-refractivity contribution in [1.82, 2.24) is 4.90 Å². The van der Waals surface area contributed by atoms with Gasteiger partial charge < -0.3 is 14.4 Å². The van der Waals surface area contributed by atoms with E-state index in [1.54, 1.807) is 31.3 Å². The number of carbonyl (C=O) groups is 1. The first-order valence-electron chi connectivity index (χ1n) is 8.35. The topological polar surface area (TPSA) is 72.9 Å². The monoisotopic (exact) mass is 375 g/mol. The molecule has 2 aromatic carbocycles. The fourth-order valence-electron chi connectivity index (χ4n) is 2.78. The lowest BCUT2D eigenvalue weighted by atomic mass is 10.2. The number of sulfone groups is 1. The Kier molecular flexibility index (Phi) is 5.46. The minimum atomic E-state index is -3.03. The van der Waals surface area contributed by atoms with Crippen LogP contribution >= 0.6 is 0 Å². The van der Waals surface area contributed by atoms with E-state index < -0.39 is 9.84 Å². The van der Waals surface area contributed by atoms with Crippen molar-refractivity contribution < 1.29 is 22.7 Å². The Morgan fingerprint density at radius 2 is 1.77 bits per heavy atom. The summed E-state index contributed by atoms with van der Waals surface area (Å²) in [6, 6.07) is 16.1. The van der Waals surface area contributed by atoms with Gasteiger partial charge in [-0.25, -0.2) is 8.42 Å². The van der Waals surface area contributed by atoms with Crippen molar-refractivity contribution in [3.63, 3.8) is 0 Å². The lowest BCUT2D eigenvalue weighted by Gasteiger charge is -2.23. The number of carbonyl (C=O) groups excluding carboxylic acids is 1. The molecule has 0 spiro atoms. The zero-order chi connectivity index (χ0) is 18.6. The molecule has 26 heavy (non-hydrogen) atoms. The molecule has 3 rings (SSSR count). The number of para-hydroxylation sites is 1. The number of hydrogen-bond donors (Lipinski definition) is 0. The van der Waals surface area contributed by atoms with Crippen molar-refractivity contribution in [2.24, 2.45) is 0 Å². The lowest BCUT2D eigenvalue weighted by Crippen LogP contribution is -2.40. The van der Waals surface area contributed by atoms with E-state index in [2.05, 4.69) is 0 Å². The third-order valence-corrected chi connectivity index (χ3v) is 6.05. The fraction of sp³-hybridized carbons (Fsp3) is 0.316. The van der Waals surface area contributed by atoms with Crippen LogP contribution in [0.1, 0.15) is 6.42 Å². The van der Waals surface area contributed by atoms with Crippen LogP contribution in [-0.4, -0.2) is 50.4 Å². The van der Waals surface area contributed by atoms with Crippen molar-refractivity contribution in [1.29, 1.82) is 0 Å². The average molecular weight is 375 g/mol. The van der Waals surface area contributed by atoms with Crippen LogP contribution in [0.5, 0.6) is 17.2 Å². The number of benzene rings is 2. The van der Waals surface area contributed by atoms with E-state index in [-0.39, 0.29) is 30.1 Å². The zero-order valence-corrected chi connectivity index (χ0v) is 15.3. The van der Waals surface area contributed by atoms with Gasteiger partial charge in [0.2, 0.25) is 0 Å². The van der Waals surface area contributed by atoms with Crippen molar-refractivity contribution in [3.05, 3.63) is 54.6 Å². The highest BCUT2D eigenvalue weighted by atomic mass is 32.2. The molecule has 1 aliphatic heterocycles. The highest BCUT2D eigenvalue weighted by molar-refractivity contribution is 7.91. The predicted octanol–water partition coefficient (Wildman–Crippen LogP) is 2.50. The lowest BCUT2D eigenvalue weighted by molar-refractivity contribution is -0.133. The molecule has 1 amide bonds. The molecule has 1 atom stereocenters. The number of amides is 1. The maximum atomic E-state index is 12.3. The van der Waals surface area contributed by atoms with Gasteiger partial charge in [-0.05, 0) is 30.7 Å². The summed E-state index contributed by atoms with van der Waals surface area (Å²) in [5, 5.41) is 0. The molecule has 7 heteroatoms. The fourth-order valence-corrected chi connectivity index (χ4v) is 4.56. The van der Waals surface area contributed by atoms with Crippen molar-refractivity contribution in [2.75, 3.05) is 25.2 Å². The summed E-state index contributed by atoms with van der Waals surface area (Å²) < 4.78 is 34.4. The van der Waals surface area contributed by atoms with Crippen molar-refractivity contribution in [3.8, 4) is 17.2 Å². The number of hydrogen-bond acceptors (Lipinski definition) is 5. The van der Waals surface area contributed by atoms with Gasteiger partial charge >= 0.3 is 0 Å². The number of likely N-dealkylation sites (N-methyl/N-ethyl adjacent to an activating group) is 1. The minimum Gasteiger partial charge on any atom is -0.484 e. The maximum absolute atomic E-state index is 12.3. The van der Waals surface area contributed by atoms with E-state index in [0.717, 1.165) is 0 Å². The van der Waals surface area contributed by atoms with Crippen LogP contribution in [0.3, 0.4) is 0 Å². The Morgan fingerprint density at radius 3 is 2.46 bits per heavy atom. The first-order chi connectivity index (χ1) is 12.4. The summed E-state index contributed by atoms with van der Waals surface area (Å²) in [6.07, 6.45) is 0.477. The summed E-state index contributed by atoms with van der Waals surface area (Å²) >= 11 is 0. The second kappa shape index (κ2) is 7.78. The first kappa shape index (κ1) is 18.3. The van der Waals surface area contributed by atoms with Gasteiger partial charge in [0.05, 0.1) is 11.5 Å². The second-order valence-electron chi connectivity index (χ2n) is 6.24. The molecule has 0 aliphatic carbocycles. The molecule has 1 saturated heterocycles. The van der Waals surface area contributed by atoms with Crippen LogP contribution in [0.25, 0.3) is 0 Å². The van der Waals surface area contributed by atoms with Crippen LogP contribution in [0.2, 0.25) is 0 Å². The molecule has 1 aliphatic rings. The van der Waals surface area contributed by atoms with Gasteiger partial charge in [-0.2, -0.15) is 0 Å². The summed E-state index contributed by atoms with van der Waals surface area (Å²) in [6.45, 7) is -0.151. The highest BCUT2D eigenvalue weighted by Crippen LogP contribution is 2.25. The number of rotatable bonds is 6. The number of ether oxygens (including phenoxy) is 2. The van der Waals surface area contributed by atoms with Gasteiger partial charge in [0.25, 0.3) is 5.91 Å². The van der Waals surface area contributed by atoms with Gasteiger partial charge in [0.1, 0.15) is 17.2 Å². The average Bonchev–Trinajstić information content (AvgIpc) is 3.00. The molecule has 1 fully saturated rings. The summed E-state index contributed by atoms with van der Waals surface area (Å²) in [5.41, 5.74) is 0. The first-order valence-corrected chi connectivity index (χ1v) is 10.2. The van der Waals surface area contributed by atoms with Gasteiger partial charge in [-0.1, -0.05) is 24.3 Å². The molecule has 0 bridgehead atoms. The van der Waals surface area contributed by atoms with Crippen molar-refractivity contribution >= 4 is 15.7 Å². The van der Waals surface area contributed by atoms with Crippen LogP contribution in [0.15, 0.2) is 54.6 Å². The molecule has 0 N–H and O–H groups in total. The molecular weight excluding hydrogens is 354 g/mol. The van der Waals surface area contributed by atoms with Gasteiger partial charge in [0.15, 0.2) is 16.4 Å². The smallest absolute Gasteiger partial charge is 0.260 e. The Hall–Kier alpha value is -2.54. The van der Waals surface area contributed by atoms with Crippen LogP contribution in [0.4, 0.5) is 0 Å². The van der Waals surface area contributed by atoms with E-state index in [4.69, 9.17) is 9.47 Å². The van der Waals surface area contributed by atoms with E-state index in [1.165, 1.54) is 4.90 Å². The summed E-state index contributed by atoms with van der Waals surface area (Å²) in [4.78, 5) is 13.7. The minimum absolute atomic E-state index is 0.0235. The molecule has 1 heterocycles. The number of nitrogens with zero attached hydrogens (tertiary/aromatic N) is 1. The van der Waals surface area contributed by atoms with Crippen LogP contribution in [0, 0.1) is 0 Å². The molecule has 1 unspecified atom stereocenters. The Bertz CT molecular complexity index is 867. The zero-order valence-electron chi connectivity index (χ0n) is 14.5. The van der Waals surface area contributed by atoms with E-state index in [1.807, 2.05) is 30.3 Å². The molecule has 0 saturated carbocycles. The van der Waals surface area contributed by atoms with E-state index in [0.29, 0.717) is 23.7 Å². The predicted molar refractivity (Wildman–Crippen MR) is 98.3 cm³/mol. The Balaban J connectivity index is 1.56. The molecule has 2 aromatic rings. The third kappa shape index (κ3) is 4.76. The highest BCUT2D eigenvalue weighted by Gasteiger charge is 2.32. The molecule has 0 radical (unpaired) electrons. The molecular formula is C19H21NO5S. The molecule has 6 nitrogen and oxygen atoms in total. The Labute approximate surface area is 153 Å². The van der Waals surface area contributed by atoms with Gasteiger partial charge in [0, 0.05) is 19.2 Å². The SMILES string of the molecule is CN(C(=O)COc1cccc(Oc2ccccc2)c1)C1CCS(=O)(=O)C1. The molecule has 138 valence electrons. The normalized spacial score (nSPS) is 18.3. The summed E-state index contributed by atoms with van der Waals surface area (Å²) in [5.74, 6) is 1.74.